The van der Waals surface area contributed by atoms with Crippen LogP contribution in [0.3, 0.4) is 0 Å². The number of hydrogen-bond acceptors (Lipinski definition) is 10. The molecule has 0 saturated carbocycles. The lowest BCUT2D eigenvalue weighted by molar-refractivity contribution is -0.171. The summed E-state index contributed by atoms with van der Waals surface area (Å²) >= 11 is 0. The first kappa shape index (κ1) is 17.6. The second kappa shape index (κ2) is 6.42. The molecule has 2 aliphatic rings. The minimum absolute atomic E-state index is 0.0215. The van der Waals surface area contributed by atoms with Crippen molar-refractivity contribution in [3.05, 3.63) is 12.3 Å². The Morgan fingerprint density at radius 2 is 2.04 bits per heavy atom. The van der Waals surface area contributed by atoms with Crippen molar-refractivity contribution in [1.82, 2.24) is 10.4 Å². The van der Waals surface area contributed by atoms with Gasteiger partial charge in [0.25, 0.3) is 0 Å². The molecule has 0 spiro atoms. The molecule has 1 saturated heterocycles. The Bertz CT molecular complexity index is 522. The maximum atomic E-state index is 11.9. The minimum Gasteiger partial charge on any atom is -0.469 e. The summed E-state index contributed by atoms with van der Waals surface area (Å²) in [7, 11) is 1.22. The van der Waals surface area contributed by atoms with Crippen molar-refractivity contribution in [1.29, 1.82) is 0 Å². The molecular formula is C13H21N3O7. The topological polar surface area (TPSA) is 144 Å². The van der Waals surface area contributed by atoms with E-state index in [1.165, 1.54) is 33.2 Å². The number of nitrogens with one attached hydrogen (secondary N) is 1. The molecule has 2 aliphatic heterocycles. The van der Waals surface area contributed by atoms with Crippen molar-refractivity contribution in [2.24, 2.45) is 10.4 Å². The van der Waals surface area contributed by atoms with Crippen molar-refractivity contribution in [2.45, 2.75) is 44.7 Å². The molecular weight excluding hydrogens is 310 g/mol. The molecule has 2 heterocycles. The molecule has 0 aromatic carbocycles. The summed E-state index contributed by atoms with van der Waals surface area (Å²) in [6.45, 7) is 3.05. The van der Waals surface area contributed by atoms with E-state index < -0.39 is 42.3 Å². The summed E-state index contributed by atoms with van der Waals surface area (Å²) in [6.07, 6.45) is -3.69. The van der Waals surface area contributed by atoms with Gasteiger partial charge in [0, 0.05) is 6.20 Å². The van der Waals surface area contributed by atoms with Crippen LogP contribution in [0.4, 0.5) is 0 Å². The summed E-state index contributed by atoms with van der Waals surface area (Å²) in [5.74, 6) is -0.581. The van der Waals surface area contributed by atoms with E-state index in [9.17, 15) is 20.1 Å². The number of ether oxygens (including phenoxy) is 2. The second-order valence-electron chi connectivity index (χ2n) is 5.88. The Balaban J connectivity index is 2.19. The molecule has 10 nitrogen and oxygen atoms in total. The average Bonchev–Trinajstić information content (AvgIpc) is 2.82. The van der Waals surface area contributed by atoms with E-state index in [1.54, 1.807) is 5.48 Å². The third kappa shape index (κ3) is 3.03. The maximum absolute atomic E-state index is 11.9. The molecule has 1 unspecified atom stereocenters. The van der Waals surface area contributed by atoms with E-state index in [0.717, 1.165) is 4.90 Å². The Morgan fingerprint density at radius 3 is 2.57 bits per heavy atom. The van der Waals surface area contributed by atoms with Gasteiger partial charge < -0.3 is 29.7 Å². The molecule has 130 valence electrons. The number of hydroxylamine groups is 1. The predicted octanol–water partition coefficient (Wildman–Crippen LogP) is -1.89. The van der Waals surface area contributed by atoms with Crippen LogP contribution in [-0.4, -0.2) is 75.2 Å². The number of nitrogens with zero attached hydrogens (tertiary/aromatic N) is 2. The number of methoxy groups -OCH3 is 1. The first-order valence-electron chi connectivity index (χ1n) is 6.95. The largest absolute Gasteiger partial charge is 0.469 e. The van der Waals surface area contributed by atoms with E-state index in [-0.39, 0.29) is 5.84 Å². The van der Waals surface area contributed by atoms with E-state index >= 15 is 0 Å². The number of amidine groups is 1. The minimum atomic E-state index is -1.44. The van der Waals surface area contributed by atoms with Crippen LogP contribution in [-0.2, 0) is 14.3 Å². The molecule has 0 bridgehead atoms. The van der Waals surface area contributed by atoms with Crippen LogP contribution >= 0.6 is 0 Å². The second-order valence-corrected chi connectivity index (χ2v) is 5.88. The van der Waals surface area contributed by atoms with E-state index in [1.807, 2.05) is 0 Å². The van der Waals surface area contributed by atoms with Gasteiger partial charge in [0.15, 0.2) is 12.1 Å². The summed E-state index contributed by atoms with van der Waals surface area (Å²) < 4.78 is 10.3. The highest BCUT2D eigenvalue weighted by Gasteiger charge is 2.55. The quantitative estimate of drug-likeness (QED) is 0.296. The normalized spacial score (nSPS) is 34.3. The lowest BCUT2D eigenvalue weighted by Gasteiger charge is -2.34. The molecule has 10 heteroatoms. The van der Waals surface area contributed by atoms with E-state index in [2.05, 4.69) is 4.99 Å². The van der Waals surface area contributed by atoms with Crippen molar-refractivity contribution in [2.75, 3.05) is 7.11 Å². The molecule has 0 aliphatic carbocycles. The summed E-state index contributed by atoms with van der Waals surface area (Å²) in [6, 6.07) is 0. The van der Waals surface area contributed by atoms with Gasteiger partial charge in [0.05, 0.1) is 12.5 Å². The van der Waals surface area contributed by atoms with Gasteiger partial charge in [0.1, 0.15) is 18.3 Å². The zero-order valence-electron chi connectivity index (χ0n) is 12.9. The molecule has 0 aromatic rings. The van der Waals surface area contributed by atoms with Crippen LogP contribution < -0.4 is 5.48 Å². The van der Waals surface area contributed by atoms with Crippen LogP contribution in [0, 0.1) is 5.41 Å². The van der Waals surface area contributed by atoms with Gasteiger partial charge in [-0.15, -0.1) is 0 Å². The first-order chi connectivity index (χ1) is 10.7. The van der Waals surface area contributed by atoms with Crippen LogP contribution in [0.15, 0.2) is 17.3 Å². The van der Waals surface area contributed by atoms with Crippen molar-refractivity contribution >= 4 is 11.8 Å². The Hall–Kier alpha value is -1.72. The highest BCUT2D eigenvalue weighted by Crippen LogP contribution is 2.37. The SMILES string of the molecule is COC(=O)C(C)(C)[C@H]1O[C@@H](N2C=CC(NO)=NC2O)[C@@H](O)[C@H]1O. The number of esters is 1. The van der Waals surface area contributed by atoms with Gasteiger partial charge in [-0.1, -0.05) is 0 Å². The monoisotopic (exact) mass is 331 g/mol. The molecule has 0 amide bonds. The Morgan fingerprint density at radius 1 is 1.39 bits per heavy atom. The summed E-state index contributed by atoms with van der Waals surface area (Å²) in [5, 5.41) is 39.1. The molecule has 5 N–H and O–H groups in total. The molecule has 0 radical (unpaired) electrons. The smallest absolute Gasteiger partial charge is 0.313 e. The molecule has 2 rings (SSSR count). The van der Waals surface area contributed by atoms with Gasteiger partial charge in [0.2, 0.25) is 6.35 Å². The summed E-state index contributed by atoms with van der Waals surface area (Å²) in [5.41, 5.74) is 0.571. The van der Waals surface area contributed by atoms with E-state index in [0.29, 0.717) is 0 Å². The zero-order valence-corrected chi connectivity index (χ0v) is 12.9. The Kier molecular flexibility index (Phi) is 4.92. The predicted molar refractivity (Wildman–Crippen MR) is 75.8 cm³/mol. The number of aliphatic hydroxyl groups is 3. The number of aliphatic imine (C=N–C) groups is 1. The maximum Gasteiger partial charge on any atom is 0.313 e. The van der Waals surface area contributed by atoms with Crippen LogP contribution in [0.5, 0.6) is 0 Å². The van der Waals surface area contributed by atoms with Crippen LogP contribution in [0.1, 0.15) is 13.8 Å². The Labute approximate surface area is 132 Å². The molecule has 23 heavy (non-hydrogen) atoms. The van der Waals surface area contributed by atoms with Crippen molar-refractivity contribution < 1.29 is 34.8 Å². The van der Waals surface area contributed by atoms with Crippen LogP contribution in [0.25, 0.3) is 0 Å². The lowest BCUT2D eigenvalue weighted by atomic mass is 9.83. The van der Waals surface area contributed by atoms with Crippen molar-refractivity contribution in [3.8, 4) is 0 Å². The van der Waals surface area contributed by atoms with Crippen molar-refractivity contribution in [3.63, 3.8) is 0 Å². The van der Waals surface area contributed by atoms with Gasteiger partial charge >= 0.3 is 5.97 Å². The van der Waals surface area contributed by atoms with Gasteiger partial charge in [-0.3, -0.25) is 15.5 Å². The highest BCUT2D eigenvalue weighted by atomic mass is 16.6. The standard InChI is InChI=1S/C13H21N3O7/c1-13(2,11(19)22-3)9-7(17)8(18)10(23-9)16-5-4-6(15-21)14-12(16)20/h4-5,7-10,12,17-18,20-21H,1-3H3,(H,14,15)/t7-,8+,9+,10-,12?/m1/s1. The number of rotatable bonds is 3. The molecule has 1 fully saturated rings. The molecule has 5 atom stereocenters. The highest BCUT2D eigenvalue weighted by molar-refractivity contribution is 5.92. The first-order valence-corrected chi connectivity index (χ1v) is 6.95. The molecule has 0 aromatic heterocycles. The third-order valence-corrected chi connectivity index (χ3v) is 4.00. The van der Waals surface area contributed by atoms with Gasteiger partial charge in [-0.05, 0) is 19.9 Å². The van der Waals surface area contributed by atoms with Gasteiger partial charge in [-0.2, -0.15) is 0 Å². The zero-order chi connectivity index (χ0) is 17.4. The average molecular weight is 331 g/mol. The fourth-order valence-corrected chi connectivity index (χ4v) is 2.63. The van der Waals surface area contributed by atoms with Crippen LogP contribution in [0.2, 0.25) is 0 Å². The fourth-order valence-electron chi connectivity index (χ4n) is 2.63. The van der Waals surface area contributed by atoms with E-state index in [4.69, 9.17) is 14.7 Å². The van der Waals surface area contributed by atoms with Gasteiger partial charge in [-0.25, -0.2) is 4.99 Å². The lowest BCUT2D eigenvalue weighted by Crippen LogP contribution is -2.48. The summed E-state index contributed by atoms with van der Waals surface area (Å²) in [4.78, 5) is 16.7. The fraction of sp³-hybridized carbons (Fsp3) is 0.692. The number of carbonyl (C=O) groups excluding carboxylic acids is 1. The number of carbonyl (C=O) groups is 1. The number of hydrogen-bond donors (Lipinski definition) is 5. The third-order valence-electron chi connectivity index (χ3n) is 4.00. The number of aliphatic hydroxyl groups excluding tert-OH is 3.